The fourth-order valence-corrected chi connectivity index (χ4v) is 2.35. The third-order valence-electron chi connectivity index (χ3n) is 3.40. The van der Waals surface area contributed by atoms with Gasteiger partial charge in [-0.15, -0.1) is 0 Å². The van der Waals surface area contributed by atoms with Gasteiger partial charge in [-0.25, -0.2) is 4.39 Å². The molecular weight excluding hydrogens is 203 g/mol. The van der Waals surface area contributed by atoms with Crippen LogP contribution in [0.4, 0.5) is 4.39 Å². The molecule has 1 heterocycles. The van der Waals surface area contributed by atoms with E-state index in [-0.39, 0.29) is 5.82 Å². The third kappa shape index (κ3) is 2.59. The molecule has 1 aromatic rings. The highest BCUT2D eigenvalue weighted by molar-refractivity contribution is 5.19. The summed E-state index contributed by atoms with van der Waals surface area (Å²) in [5.41, 5.74) is 1.06. The Morgan fingerprint density at radius 2 is 2.31 bits per heavy atom. The summed E-state index contributed by atoms with van der Waals surface area (Å²) < 4.78 is 13.0. The Bertz CT molecular complexity index is 340. The van der Waals surface area contributed by atoms with Crippen molar-refractivity contribution in [3.8, 4) is 0 Å². The summed E-state index contributed by atoms with van der Waals surface area (Å²) >= 11 is 0. The molecule has 0 saturated heterocycles. The van der Waals surface area contributed by atoms with Gasteiger partial charge in [0.25, 0.3) is 0 Å². The molecule has 2 nitrogen and oxygen atoms in total. The number of nitrogens with one attached hydrogen (secondary N) is 1. The van der Waals surface area contributed by atoms with Gasteiger partial charge in [0.2, 0.25) is 0 Å². The number of hydrogen-bond acceptors (Lipinski definition) is 2. The summed E-state index contributed by atoms with van der Waals surface area (Å²) in [6, 6.07) is 1.63. The van der Waals surface area contributed by atoms with Crippen LogP contribution in [0, 0.1) is 11.7 Å². The van der Waals surface area contributed by atoms with Gasteiger partial charge in [-0.05, 0) is 55.8 Å². The minimum Gasteiger partial charge on any atom is -0.316 e. The van der Waals surface area contributed by atoms with E-state index in [0.29, 0.717) is 11.8 Å². The average Bonchev–Trinajstić information content (AvgIpc) is 2.23. The van der Waals surface area contributed by atoms with Crippen LogP contribution in [-0.4, -0.2) is 18.1 Å². The molecule has 16 heavy (non-hydrogen) atoms. The first-order chi connectivity index (χ1) is 7.81. The molecule has 0 aliphatic heterocycles. The van der Waals surface area contributed by atoms with Crippen LogP contribution in [-0.2, 0) is 0 Å². The quantitative estimate of drug-likeness (QED) is 0.775. The van der Waals surface area contributed by atoms with Crippen LogP contribution in [0.15, 0.2) is 18.5 Å². The van der Waals surface area contributed by atoms with Crippen molar-refractivity contribution in [2.75, 3.05) is 13.1 Å². The normalized spacial score (nSPS) is 24.1. The fourth-order valence-electron chi connectivity index (χ4n) is 2.35. The minimum atomic E-state index is -0.218. The second-order valence-corrected chi connectivity index (χ2v) is 4.58. The summed E-state index contributed by atoms with van der Waals surface area (Å²) in [5, 5.41) is 3.44. The van der Waals surface area contributed by atoms with Gasteiger partial charge in [0.15, 0.2) is 0 Å². The molecule has 3 heteroatoms. The number of rotatable bonds is 5. The Kier molecular flexibility index (Phi) is 3.88. The molecule has 0 bridgehead atoms. The van der Waals surface area contributed by atoms with E-state index < -0.39 is 0 Å². The van der Waals surface area contributed by atoms with Gasteiger partial charge in [-0.3, -0.25) is 4.98 Å². The van der Waals surface area contributed by atoms with Gasteiger partial charge < -0.3 is 5.32 Å². The monoisotopic (exact) mass is 222 g/mol. The standard InChI is InChI=1S/C13H19FN2/c1-2-5-15-7-10-3-4-13(10)11-6-12(14)9-16-8-11/h6,8-10,13,15H,2-5,7H2,1H3. The summed E-state index contributed by atoms with van der Waals surface area (Å²) in [4.78, 5) is 3.92. The lowest BCUT2D eigenvalue weighted by Gasteiger charge is -2.37. The number of pyridine rings is 1. The van der Waals surface area contributed by atoms with Crippen molar-refractivity contribution in [1.29, 1.82) is 0 Å². The van der Waals surface area contributed by atoms with Crippen LogP contribution in [0.1, 0.15) is 37.7 Å². The van der Waals surface area contributed by atoms with Crippen molar-refractivity contribution in [2.45, 2.75) is 32.1 Å². The SMILES string of the molecule is CCCNCC1CCC1c1cncc(F)c1. The Balaban J connectivity index is 1.90. The summed E-state index contributed by atoms with van der Waals surface area (Å²) in [7, 11) is 0. The number of hydrogen-bond donors (Lipinski definition) is 1. The topological polar surface area (TPSA) is 24.9 Å². The molecule has 2 unspecified atom stereocenters. The molecule has 1 aromatic heterocycles. The van der Waals surface area contributed by atoms with Crippen molar-refractivity contribution in [3.63, 3.8) is 0 Å². The second-order valence-electron chi connectivity index (χ2n) is 4.58. The lowest BCUT2D eigenvalue weighted by atomic mass is 9.70. The molecule has 0 aromatic carbocycles. The van der Waals surface area contributed by atoms with Crippen LogP contribution >= 0.6 is 0 Å². The van der Waals surface area contributed by atoms with E-state index in [1.165, 1.54) is 25.5 Å². The summed E-state index contributed by atoms with van der Waals surface area (Å²) in [5.74, 6) is 0.951. The molecular formula is C13H19FN2. The molecule has 1 fully saturated rings. The molecule has 1 aliphatic carbocycles. The molecule has 0 radical (unpaired) electrons. The second kappa shape index (κ2) is 5.39. The highest BCUT2D eigenvalue weighted by Crippen LogP contribution is 2.41. The lowest BCUT2D eigenvalue weighted by molar-refractivity contribution is 0.245. The maximum Gasteiger partial charge on any atom is 0.141 e. The summed E-state index contributed by atoms with van der Waals surface area (Å²) in [6.45, 7) is 4.29. The maximum atomic E-state index is 13.0. The lowest BCUT2D eigenvalue weighted by Crippen LogP contribution is -2.34. The third-order valence-corrected chi connectivity index (χ3v) is 3.40. The molecule has 1 saturated carbocycles. The highest BCUT2D eigenvalue weighted by Gasteiger charge is 2.31. The van der Waals surface area contributed by atoms with Gasteiger partial charge in [0.05, 0.1) is 6.20 Å². The van der Waals surface area contributed by atoms with E-state index in [1.807, 2.05) is 0 Å². The van der Waals surface area contributed by atoms with E-state index in [0.717, 1.165) is 18.7 Å². The van der Waals surface area contributed by atoms with E-state index in [2.05, 4.69) is 17.2 Å². The van der Waals surface area contributed by atoms with Crippen molar-refractivity contribution < 1.29 is 4.39 Å². The zero-order valence-electron chi connectivity index (χ0n) is 9.75. The first-order valence-corrected chi connectivity index (χ1v) is 6.12. The van der Waals surface area contributed by atoms with Crippen LogP contribution in [0.25, 0.3) is 0 Å². The van der Waals surface area contributed by atoms with Crippen LogP contribution in [0.2, 0.25) is 0 Å². The zero-order chi connectivity index (χ0) is 11.4. The zero-order valence-corrected chi connectivity index (χ0v) is 9.75. The Labute approximate surface area is 96.3 Å². The fraction of sp³-hybridized carbons (Fsp3) is 0.615. The molecule has 1 N–H and O–H groups in total. The molecule has 0 amide bonds. The van der Waals surface area contributed by atoms with Crippen LogP contribution in [0.5, 0.6) is 0 Å². The molecule has 0 spiro atoms. The predicted octanol–water partition coefficient (Wildman–Crippen LogP) is 2.71. The van der Waals surface area contributed by atoms with E-state index in [9.17, 15) is 4.39 Å². The molecule has 2 atom stereocenters. The van der Waals surface area contributed by atoms with Crippen molar-refractivity contribution in [3.05, 3.63) is 29.8 Å². The van der Waals surface area contributed by atoms with Gasteiger partial charge in [-0.2, -0.15) is 0 Å². The van der Waals surface area contributed by atoms with Crippen molar-refractivity contribution >= 4 is 0 Å². The molecule has 2 rings (SSSR count). The summed E-state index contributed by atoms with van der Waals surface area (Å²) in [6.07, 6.45) is 6.66. The van der Waals surface area contributed by atoms with Gasteiger partial charge in [0.1, 0.15) is 5.82 Å². The highest BCUT2D eigenvalue weighted by atomic mass is 19.1. The average molecular weight is 222 g/mol. The smallest absolute Gasteiger partial charge is 0.141 e. The van der Waals surface area contributed by atoms with Gasteiger partial charge >= 0.3 is 0 Å². The predicted molar refractivity (Wildman–Crippen MR) is 62.8 cm³/mol. The largest absolute Gasteiger partial charge is 0.316 e. The van der Waals surface area contributed by atoms with E-state index in [1.54, 1.807) is 12.3 Å². The Morgan fingerprint density at radius 1 is 1.44 bits per heavy atom. The first-order valence-electron chi connectivity index (χ1n) is 6.12. The number of halogens is 1. The van der Waals surface area contributed by atoms with E-state index in [4.69, 9.17) is 0 Å². The van der Waals surface area contributed by atoms with Gasteiger partial charge in [-0.1, -0.05) is 6.92 Å². The van der Waals surface area contributed by atoms with Crippen molar-refractivity contribution in [1.82, 2.24) is 10.3 Å². The Hall–Kier alpha value is -0.960. The number of aromatic nitrogens is 1. The van der Waals surface area contributed by atoms with Gasteiger partial charge in [0, 0.05) is 6.20 Å². The Morgan fingerprint density at radius 3 is 2.94 bits per heavy atom. The number of nitrogens with zero attached hydrogens (tertiary/aromatic N) is 1. The molecule has 88 valence electrons. The first kappa shape index (κ1) is 11.5. The van der Waals surface area contributed by atoms with Crippen molar-refractivity contribution in [2.24, 2.45) is 5.92 Å². The van der Waals surface area contributed by atoms with E-state index >= 15 is 0 Å². The van der Waals surface area contributed by atoms with Crippen LogP contribution in [0.3, 0.4) is 0 Å². The molecule has 1 aliphatic rings. The van der Waals surface area contributed by atoms with Crippen LogP contribution < -0.4 is 5.32 Å². The minimum absolute atomic E-state index is 0.218. The maximum absolute atomic E-state index is 13.0.